The van der Waals surface area contributed by atoms with Crippen LogP contribution in [0, 0.1) is 6.92 Å². The first-order valence-electron chi connectivity index (χ1n) is 9.27. The van der Waals surface area contributed by atoms with Crippen LogP contribution in [-0.4, -0.2) is 49.4 Å². The third-order valence-electron chi connectivity index (χ3n) is 5.05. The molecule has 2 rings (SSSR count). The zero-order chi connectivity index (χ0) is 18.3. The Labute approximate surface area is 151 Å². The van der Waals surface area contributed by atoms with E-state index in [1.807, 2.05) is 36.1 Å². The molecule has 1 fully saturated rings. The van der Waals surface area contributed by atoms with Gasteiger partial charge < -0.3 is 19.7 Å². The minimum Gasteiger partial charge on any atom is -0.489 e. The van der Waals surface area contributed by atoms with E-state index in [9.17, 15) is 4.79 Å². The van der Waals surface area contributed by atoms with Crippen LogP contribution >= 0.6 is 0 Å². The fourth-order valence-corrected chi connectivity index (χ4v) is 3.12. The number of benzene rings is 1. The van der Waals surface area contributed by atoms with Crippen LogP contribution in [0.2, 0.25) is 0 Å². The quantitative estimate of drug-likeness (QED) is 0.852. The van der Waals surface area contributed by atoms with Gasteiger partial charge >= 0.3 is 6.03 Å². The van der Waals surface area contributed by atoms with Gasteiger partial charge in [0, 0.05) is 20.2 Å². The first-order valence-corrected chi connectivity index (χ1v) is 9.27. The molecule has 1 aromatic rings. The summed E-state index contributed by atoms with van der Waals surface area (Å²) in [5.74, 6) is 0.853. The van der Waals surface area contributed by atoms with Gasteiger partial charge in [-0.15, -0.1) is 0 Å². The minimum atomic E-state index is -0.116. The second kappa shape index (κ2) is 9.09. The predicted molar refractivity (Wildman–Crippen MR) is 100 cm³/mol. The number of carbonyl (C=O) groups excluding carboxylic acids is 1. The van der Waals surface area contributed by atoms with E-state index >= 15 is 0 Å². The number of rotatable bonds is 6. The molecule has 5 heteroatoms. The molecule has 0 bridgehead atoms. The third-order valence-corrected chi connectivity index (χ3v) is 5.05. The molecule has 0 spiro atoms. The normalized spacial score (nSPS) is 22.2. The summed E-state index contributed by atoms with van der Waals surface area (Å²) in [6.07, 6.45) is 3.64. The SMILES string of the molecule is CCC(CNC(=O)N1CCCC(C)(OC)CC1)Oc1cccc(C)c1. The molecule has 0 radical (unpaired) electrons. The van der Waals surface area contributed by atoms with Gasteiger partial charge in [-0.3, -0.25) is 0 Å². The number of methoxy groups -OCH3 is 1. The number of nitrogens with zero attached hydrogens (tertiary/aromatic N) is 1. The van der Waals surface area contributed by atoms with Crippen LogP contribution in [0.5, 0.6) is 5.75 Å². The van der Waals surface area contributed by atoms with Gasteiger partial charge in [0.1, 0.15) is 11.9 Å². The van der Waals surface area contributed by atoms with Crippen LogP contribution in [0.1, 0.15) is 45.1 Å². The molecule has 5 nitrogen and oxygen atoms in total. The van der Waals surface area contributed by atoms with Gasteiger partial charge in [-0.2, -0.15) is 0 Å². The second-order valence-corrected chi connectivity index (χ2v) is 7.15. The highest BCUT2D eigenvalue weighted by Crippen LogP contribution is 2.25. The number of nitrogens with one attached hydrogen (secondary N) is 1. The molecule has 1 N–H and O–H groups in total. The molecule has 1 heterocycles. The highest BCUT2D eigenvalue weighted by atomic mass is 16.5. The summed E-state index contributed by atoms with van der Waals surface area (Å²) in [6, 6.07) is 8.00. The molecule has 2 unspecified atom stereocenters. The van der Waals surface area contributed by atoms with E-state index in [0.717, 1.165) is 44.5 Å². The molecular weight excluding hydrogens is 316 g/mol. The molecule has 1 aliphatic rings. The van der Waals surface area contributed by atoms with Crippen LogP contribution in [-0.2, 0) is 4.74 Å². The van der Waals surface area contributed by atoms with Crippen molar-refractivity contribution in [2.24, 2.45) is 0 Å². The van der Waals surface area contributed by atoms with Crippen molar-refractivity contribution in [1.82, 2.24) is 10.2 Å². The monoisotopic (exact) mass is 348 g/mol. The summed E-state index contributed by atoms with van der Waals surface area (Å²) < 4.78 is 11.6. The van der Waals surface area contributed by atoms with Crippen molar-refractivity contribution >= 4 is 6.03 Å². The third kappa shape index (κ3) is 5.92. The van der Waals surface area contributed by atoms with Gasteiger partial charge in [0.05, 0.1) is 12.1 Å². The number of urea groups is 1. The maximum Gasteiger partial charge on any atom is 0.317 e. The number of hydrogen-bond donors (Lipinski definition) is 1. The maximum atomic E-state index is 12.5. The summed E-state index contributed by atoms with van der Waals surface area (Å²) >= 11 is 0. The van der Waals surface area contributed by atoms with Crippen molar-refractivity contribution in [2.45, 2.75) is 58.2 Å². The molecule has 1 aliphatic heterocycles. The zero-order valence-electron chi connectivity index (χ0n) is 16.0. The number of likely N-dealkylation sites (tertiary alicyclic amines) is 1. The van der Waals surface area contributed by atoms with Crippen molar-refractivity contribution in [3.63, 3.8) is 0 Å². The number of hydrogen-bond acceptors (Lipinski definition) is 3. The average molecular weight is 348 g/mol. The smallest absolute Gasteiger partial charge is 0.317 e. The van der Waals surface area contributed by atoms with Crippen LogP contribution < -0.4 is 10.1 Å². The van der Waals surface area contributed by atoms with Gasteiger partial charge in [0.15, 0.2) is 0 Å². The Balaban J connectivity index is 1.83. The lowest BCUT2D eigenvalue weighted by atomic mass is 9.97. The van der Waals surface area contributed by atoms with E-state index in [2.05, 4.69) is 19.2 Å². The maximum absolute atomic E-state index is 12.5. The summed E-state index contributed by atoms with van der Waals surface area (Å²) in [7, 11) is 1.75. The molecule has 0 aliphatic carbocycles. The van der Waals surface area contributed by atoms with E-state index in [1.54, 1.807) is 7.11 Å². The molecule has 1 aromatic carbocycles. The second-order valence-electron chi connectivity index (χ2n) is 7.15. The fraction of sp³-hybridized carbons (Fsp3) is 0.650. The van der Waals surface area contributed by atoms with Gasteiger partial charge in [-0.05, 0) is 57.2 Å². The molecule has 2 atom stereocenters. The van der Waals surface area contributed by atoms with Gasteiger partial charge in [0.25, 0.3) is 0 Å². The average Bonchev–Trinajstić information content (AvgIpc) is 2.81. The van der Waals surface area contributed by atoms with E-state index < -0.39 is 0 Å². The lowest BCUT2D eigenvalue weighted by molar-refractivity contribution is -0.00501. The zero-order valence-corrected chi connectivity index (χ0v) is 16.0. The Kier molecular flexibility index (Phi) is 7.12. The summed E-state index contributed by atoms with van der Waals surface area (Å²) in [4.78, 5) is 14.4. The first kappa shape index (κ1) is 19.6. The highest BCUT2D eigenvalue weighted by Gasteiger charge is 2.29. The van der Waals surface area contributed by atoms with E-state index in [-0.39, 0.29) is 17.7 Å². The standard InChI is InChI=1S/C20H32N2O3/c1-5-17(25-18-9-6-8-16(2)14-18)15-21-19(23)22-12-7-10-20(3,24-4)11-13-22/h6,8-9,14,17H,5,7,10-13,15H2,1-4H3,(H,21,23). The van der Waals surface area contributed by atoms with Gasteiger partial charge in [0.2, 0.25) is 0 Å². The molecule has 25 heavy (non-hydrogen) atoms. The summed E-state index contributed by atoms with van der Waals surface area (Å²) in [6.45, 7) is 8.26. The first-order chi connectivity index (χ1) is 12.0. The van der Waals surface area contributed by atoms with Gasteiger partial charge in [-0.25, -0.2) is 4.79 Å². The minimum absolute atomic E-state index is 0.00774. The van der Waals surface area contributed by atoms with Crippen LogP contribution in [0.4, 0.5) is 4.79 Å². The molecule has 2 amide bonds. The fourth-order valence-electron chi connectivity index (χ4n) is 3.12. The lowest BCUT2D eigenvalue weighted by Gasteiger charge is -2.27. The number of amides is 2. The van der Waals surface area contributed by atoms with Crippen molar-refractivity contribution in [3.8, 4) is 5.75 Å². The Morgan fingerprint density at radius 2 is 2.16 bits per heavy atom. The Morgan fingerprint density at radius 3 is 2.84 bits per heavy atom. The van der Waals surface area contributed by atoms with Crippen molar-refractivity contribution in [3.05, 3.63) is 29.8 Å². The van der Waals surface area contributed by atoms with Crippen LogP contribution in [0.25, 0.3) is 0 Å². The Hall–Kier alpha value is -1.75. The Bertz CT molecular complexity index is 564. The number of aryl methyl sites for hydroxylation is 1. The van der Waals surface area contributed by atoms with Crippen LogP contribution in [0.15, 0.2) is 24.3 Å². The summed E-state index contributed by atoms with van der Waals surface area (Å²) in [5, 5.41) is 3.03. The molecule has 0 aromatic heterocycles. The highest BCUT2D eigenvalue weighted by molar-refractivity contribution is 5.74. The molecule has 0 saturated carbocycles. The van der Waals surface area contributed by atoms with Crippen molar-refractivity contribution in [2.75, 3.05) is 26.7 Å². The van der Waals surface area contributed by atoms with Crippen molar-refractivity contribution in [1.29, 1.82) is 0 Å². The molecule has 1 saturated heterocycles. The number of ether oxygens (including phenoxy) is 2. The van der Waals surface area contributed by atoms with Crippen molar-refractivity contribution < 1.29 is 14.3 Å². The number of carbonyl (C=O) groups is 1. The lowest BCUT2D eigenvalue weighted by Crippen LogP contribution is -2.44. The Morgan fingerprint density at radius 1 is 1.36 bits per heavy atom. The van der Waals surface area contributed by atoms with E-state index in [0.29, 0.717) is 6.54 Å². The van der Waals surface area contributed by atoms with Crippen LogP contribution in [0.3, 0.4) is 0 Å². The van der Waals surface area contributed by atoms with E-state index in [1.165, 1.54) is 5.56 Å². The molecule has 140 valence electrons. The van der Waals surface area contributed by atoms with Gasteiger partial charge in [-0.1, -0.05) is 19.1 Å². The largest absolute Gasteiger partial charge is 0.489 e. The van der Waals surface area contributed by atoms with E-state index in [4.69, 9.17) is 9.47 Å². The predicted octanol–water partition coefficient (Wildman–Crippen LogP) is 3.75. The molecular formula is C20H32N2O3. The topological polar surface area (TPSA) is 50.8 Å². The summed E-state index contributed by atoms with van der Waals surface area (Å²) in [5.41, 5.74) is 1.05.